The number of hydrogen-bond donors (Lipinski definition) is 3. The molecule has 4 N–H and O–H groups in total. The molecule has 1 aliphatic heterocycles. The SMILES string of the molecule is CCOC(=O)NC(CC(C)(C)C)C(=O)N1CCCC1C(=O)N(CC1CCC(C(=O)OC)CC1)C(=N)N. The summed E-state index contributed by atoms with van der Waals surface area (Å²) in [6, 6.07) is -1.59. The molecule has 1 saturated heterocycles. The van der Waals surface area contributed by atoms with Crippen molar-refractivity contribution in [2.75, 3.05) is 26.8 Å². The number of ether oxygens (including phenoxy) is 2. The second-order valence-electron chi connectivity index (χ2n) is 10.9. The maximum absolute atomic E-state index is 13.6. The van der Waals surface area contributed by atoms with Crippen LogP contribution in [-0.2, 0) is 23.9 Å². The molecule has 36 heavy (non-hydrogen) atoms. The van der Waals surface area contributed by atoms with E-state index in [9.17, 15) is 19.2 Å². The molecule has 2 rings (SSSR count). The highest BCUT2D eigenvalue weighted by molar-refractivity contribution is 6.00. The number of amides is 3. The molecule has 0 aromatic heterocycles. The van der Waals surface area contributed by atoms with Crippen LogP contribution in [0.4, 0.5) is 4.79 Å². The Morgan fingerprint density at radius 2 is 1.78 bits per heavy atom. The number of likely N-dealkylation sites (tertiary alicyclic amines) is 1. The van der Waals surface area contributed by atoms with Crippen LogP contribution in [-0.4, -0.2) is 78.5 Å². The highest BCUT2D eigenvalue weighted by atomic mass is 16.5. The summed E-state index contributed by atoms with van der Waals surface area (Å²) in [5.74, 6) is -1.32. The molecule has 0 spiro atoms. The molecule has 0 bridgehead atoms. The van der Waals surface area contributed by atoms with E-state index in [2.05, 4.69) is 5.32 Å². The molecule has 2 atom stereocenters. The predicted molar refractivity (Wildman–Crippen MR) is 134 cm³/mol. The van der Waals surface area contributed by atoms with Crippen molar-refractivity contribution in [2.45, 2.75) is 84.7 Å². The van der Waals surface area contributed by atoms with Gasteiger partial charge in [0.05, 0.1) is 19.6 Å². The number of nitrogens with two attached hydrogens (primary N) is 1. The van der Waals surface area contributed by atoms with E-state index < -0.39 is 18.2 Å². The third-order valence-electron chi connectivity index (χ3n) is 6.88. The van der Waals surface area contributed by atoms with Crippen LogP contribution < -0.4 is 11.1 Å². The highest BCUT2D eigenvalue weighted by Gasteiger charge is 2.41. The van der Waals surface area contributed by atoms with E-state index in [1.807, 2.05) is 20.8 Å². The van der Waals surface area contributed by atoms with Gasteiger partial charge in [0.2, 0.25) is 5.91 Å². The van der Waals surface area contributed by atoms with Gasteiger partial charge in [-0.15, -0.1) is 0 Å². The maximum Gasteiger partial charge on any atom is 0.407 e. The first-order chi connectivity index (χ1) is 16.9. The molecule has 2 aliphatic rings. The summed E-state index contributed by atoms with van der Waals surface area (Å²) >= 11 is 0. The average molecular weight is 510 g/mol. The van der Waals surface area contributed by atoms with Crippen LogP contribution in [0.5, 0.6) is 0 Å². The van der Waals surface area contributed by atoms with Crippen molar-refractivity contribution in [1.82, 2.24) is 15.1 Å². The van der Waals surface area contributed by atoms with Crippen LogP contribution in [0.25, 0.3) is 0 Å². The number of methoxy groups -OCH3 is 1. The van der Waals surface area contributed by atoms with Crippen LogP contribution in [0.2, 0.25) is 0 Å². The van der Waals surface area contributed by atoms with Gasteiger partial charge < -0.3 is 25.4 Å². The van der Waals surface area contributed by atoms with Gasteiger partial charge in [-0.2, -0.15) is 0 Å². The molecule has 2 fully saturated rings. The van der Waals surface area contributed by atoms with Gasteiger partial charge in [-0.25, -0.2) is 4.79 Å². The monoisotopic (exact) mass is 509 g/mol. The van der Waals surface area contributed by atoms with E-state index in [0.717, 1.165) is 12.8 Å². The van der Waals surface area contributed by atoms with Crippen molar-refractivity contribution in [3.8, 4) is 0 Å². The summed E-state index contributed by atoms with van der Waals surface area (Å²) in [5.41, 5.74) is 5.56. The number of alkyl carbamates (subject to hydrolysis) is 1. The Bertz CT molecular complexity index is 818. The number of nitrogens with one attached hydrogen (secondary N) is 2. The summed E-state index contributed by atoms with van der Waals surface area (Å²) in [6.45, 7) is 8.44. The lowest BCUT2D eigenvalue weighted by molar-refractivity contribution is -0.147. The number of carbonyl (C=O) groups is 4. The zero-order valence-electron chi connectivity index (χ0n) is 22.3. The fourth-order valence-electron chi connectivity index (χ4n) is 5.11. The van der Waals surface area contributed by atoms with E-state index in [-0.39, 0.29) is 54.1 Å². The van der Waals surface area contributed by atoms with Crippen LogP contribution in [0.15, 0.2) is 0 Å². The number of rotatable bonds is 8. The minimum Gasteiger partial charge on any atom is -0.469 e. The third kappa shape index (κ3) is 8.09. The Balaban J connectivity index is 2.12. The van der Waals surface area contributed by atoms with Crippen LogP contribution in [0.3, 0.4) is 0 Å². The first kappa shape index (κ1) is 29.4. The van der Waals surface area contributed by atoms with Gasteiger partial charge in [-0.05, 0) is 63.2 Å². The van der Waals surface area contributed by atoms with Crippen molar-refractivity contribution in [1.29, 1.82) is 5.41 Å². The third-order valence-corrected chi connectivity index (χ3v) is 6.88. The second kappa shape index (κ2) is 12.9. The minimum absolute atomic E-state index is 0.100. The lowest BCUT2D eigenvalue weighted by Crippen LogP contribution is -2.57. The van der Waals surface area contributed by atoms with Crippen molar-refractivity contribution in [2.24, 2.45) is 23.0 Å². The van der Waals surface area contributed by atoms with Crippen molar-refractivity contribution < 1.29 is 28.7 Å². The second-order valence-corrected chi connectivity index (χ2v) is 10.9. The molecule has 0 radical (unpaired) electrons. The number of esters is 1. The minimum atomic E-state index is -0.836. The molecule has 3 amide bonds. The molecule has 1 heterocycles. The van der Waals surface area contributed by atoms with E-state index in [1.54, 1.807) is 6.92 Å². The van der Waals surface area contributed by atoms with Crippen molar-refractivity contribution >= 4 is 29.8 Å². The topological polar surface area (TPSA) is 155 Å². The Morgan fingerprint density at radius 1 is 1.14 bits per heavy atom. The predicted octanol–water partition coefficient (Wildman–Crippen LogP) is 2.23. The summed E-state index contributed by atoms with van der Waals surface area (Å²) in [5, 5.41) is 10.7. The van der Waals surface area contributed by atoms with Gasteiger partial charge in [0.1, 0.15) is 12.1 Å². The van der Waals surface area contributed by atoms with Gasteiger partial charge in [0.15, 0.2) is 5.96 Å². The number of nitrogens with zero attached hydrogens (tertiary/aromatic N) is 2. The molecule has 2 unspecified atom stereocenters. The highest BCUT2D eigenvalue weighted by Crippen LogP contribution is 2.31. The van der Waals surface area contributed by atoms with Crippen molar-refractivity contribution in [3.63, 3.8) is 0 Å². The zero-order valence-corrected chi connectivity index (χ0v) is 22.3. The lowest BCUT2D eigenvalue weighted by atomic mass is 9.81. The summed E-state index contributed by atoms with van der Waals surface area (Å²) in [4.78, 5) is 53.8. The molecular weight excluding hydrogens is 466 g/mol. The Kier molecular flexibility index (Phi) is 10.5. The van der Waals surface area contributed by atoms with E-state index in [1.165, 1.54) is 16.9 Å². The van der Waals surface area contributed by atoms with Gasteiger partial charge in [-0.3, -0.25) is 24.7 Å². The van der Waals surface area contributed by atoms with Gasteiger partial charge in [0, 0.05) is 13.1 Å². The van der Waals surface area contributed by atoms with Crippen LogP contribution in [0, 0.1) is 22.7 Å². The number of carbonyl (C=O) groups excluding carboxylic acids is 4. The van der Waals surface area contributed by atoms with Gasteiger partial charge in [0.25, 0.3) is 5.91 Å². The molecule has 0 aromatic carbocycles. The van der Waals surface area contributed by atoms with E-state index >= 15 is 0 Å². The van der Waals surface area contributed by atoms with Gasteiger partial charge >= 0.3 is 12.1 Å². The number of hydrogen-bond acceptors (Lipinski definition) is 7. The molecule has 204 valence electrons. The van der Waals surface area contributed by atoms with Crippen LogP contribution in [0.1, 0.15) is 72.6 Å². The molecule has 0 aromatic rings. The number of guanidine groups is 1. The summed E-state index contributed by atoms with van der Waals surface area (Å²) in [7, 11) is 1.38. The largest absolute Gasteiger partial charge is 0.469 e. The molecule has 11 nitrogen and oxygen atoms in total. The van der Waals surface area contributed by atoms with E-state index in [0.29, 0.717) is 38.6 Å². The Morgan fingerprint density at radius 3 is 2.31 bits per heavy atom. The smallest absolute Gasteiger partial charge is 0.407 e. The fourth-order valence-corrected chi connectivity index (χ4v) is 5.11. The normalized spacial score (nSPS) is 22.9. The maximum atomic E-state index is 13.6. The van der Waals surface area contributed by atoms with E-state index in [4.69, 9.17) is 20.6 Å². The summed E-state index contributed by atoms with van der Waals surface area (Å²) in [6.07, 6.45) is 3.59. The quantitative estimate of drug-likeness (QED) is 0.257. The Hall–Kier alpha value is -2.85. The van der Waals surface area contributed by atoms with Crippen molar-refractivity contribution in [3.05, 3.63) is 0 Å². The average Bonchev–Trinajstić information content (AvgIpc) is 3.30. The molecule has 11 heteroatoms. The molecule has 1 saturated carbocycles. The lowest BCUT2D eigenvalue weighted by Gasteiger charge is -2.35. The first-order valence-corrected chi connectivity index (χ1v) is 12.8. The molecule has 1 aliphatic carbocycles. The zero-order chi connectivity index (χ0) is 27.0. The standard InChI is InChI=1S/C25H43N5O6/c1-6-36-24(34)28-18(14-25(2,3)4)20(31)29-13-7-8-19(29)21(32)30(23(26)27)15-16-9-11-17(12-10-16)22(33)35-5/h16-19H,6-15H2,1-5H3,(H3,26,27)(H,28,34). The summed E-state index contributed by atoms with van der Waals surface area (Å²) < 4.78 is 9.83. The first-order valence-electron chi connectivity index (χ1n) is 12.8. The van der Waals surface area contributed by atoms with Crippen LogP contribution >= 0.6 is 0 Å². The Labute approximate surface area is 213 Å². The fraction of sp³-hybridized carbons (Fsp3) is 0.800. The molecular formula is C25H43N5O6. The van der Waals surface area contributed by atoms with Gasteiger partial charge in [-0.1, -0.05) is 20.8 Å².